The van der Waals surface area contributed by atoms with Crippen molar-refractivity contribution in [3.8, 4) is 0 Å². The van der Waals surface area contributed by atoms with Crippen LogP contribution in [0.2, 0.25) is 5.15 Å². The average molecular weight is 485 g/mol. The normalized spacial score (nSPS) is 28.0. The molecule has 2 N–H and O–H groups in total. The Morgan fingerprint density at radius 3 is 2.92 bits per heavy atom. The van der Waals surface area contributed by atoms with E-state index in [1.54, 1.807) is 6.33 Å². The van der Waals surface area contributed by atoms with Gasteiger partial charge in [-0.1, -0.05) is 0 Å². The van der Waals surface area contributed by atoms with E-state index < -0.39 is 21.5 Å². The second-order valence-corrected chi connectivity index (χ2v) is 10.5. The van der Waals surface area contributed by atoms with Crippen LogP contribution in [-0.4, -0.2) is 34.4 Å². The summed E-state index contributed by atoms with van der Waals surface area (Å²) in [6, 6.07) is 10.1. The van der Waals surface area contributed by atoms with E-state index in [4.69, 9.17) is 26.8 Å². The van der Waals surface area contributed by atoms with Gasteiger partial charge in [-0.05, 0) is 0 Å². The summed E-state index contributed by atoms with van der Waals surface area (Å²) < 4.78 is 14.4. The topological polar surface area (TPSA) is 88.1 Å². The standard InChI is InChI=1S/C17H16ClIN5O2/c18-13-12-14(23-16(20)22-13)24(9-21-12)19-17-6-11(17)7-25-15(26-8-17)10-4-2-1-3-5-10/h1-5,9,11,15H,6-8H2,(H2,20,22,23)/q-1/t11-,15?,17-/m0/s1. The molecule has 26 heavy (non-hydrogen) atoms. The van der Waals surface area contributed by atoms with Crippen LogP contribution in [0.15, 0.2) is 36.7 Å². The van der Waals surface area contributed by atoms with Gasteiger partial charge in [-0.2, -0.15) is 0 Å². The number of alkyl halides is 1. The molecule has 3 heterocycles. The number of nitrogens with zero attached hydrogens (tertiary/aromatic N) is 4. The van der Waals surface area contributed by atoms with Crippen molar-refractivity contribution in [2.24, 2.45) is 5.92 Å². The first-order valence-corrected chi connectivity index (χ1v) is 10.7. The maximum atomic E-state index is 6.14. The molecule has 0 spiro atoms. The number of nitrogen functional groups attached to an aromatic ring is 1. The molecule has 1 saturated carbocycles. The molecule has 136 valence electrons. The van der Waals surface area contributed by atoms with E-state index in [1.807, 2.05) is 30.3 Å². The number of aromatic nitrogens is 4. The van der Waals surface area contributed by atoms with Gasteiger partial charge in [0.15, 0.2) is 0 Å². The van der Waals surface area contributed by atoms with Gasteiger partial charge in [-0.15, -0.1) is 0 Å². The molecule has 9 heteroatoms. The van der Waals surface area contributed by atoms with Crippen LogP contribution < -0.4 is 27.2 Å². The van der Waals surface area contributed by atoms with Crippen LogP contribution in [0, 0.1) is 5.92 Å². The van der Waals surface area contributed by atoms with Gasteiger partial charge in [0.2, 0.25) is 0 Å². The summed E-state index contributed by atoms with van der Waals surface area (Å²) in [6.07, 6.45) is 2.61. The van der Waals surface area contributed by atoms with E-state index in [1.165, 1.54) is 0 Å². The van der Waals surface area contributed by atoms with Crippen LogP contribution in [0.4, 0.5) is 5.95 Å². The zero-order valence-electron chi connectivity index (χ0n) is 13.7. The van der Waals surface area contributed by atoms with Crippen molar-refractivity contribution in [1.29, 1.82) is 0 Å². The van der Waals surface area contributed by atoms with Crippen LogP contribution in [-0.2, 0) is 9.47 Å². The summed E-state index contributed by atoms with van der Waals surface area (Å²) in [6.45, 7) is 1.39. The van der Waals surface area contributed by atoms with Crippen LogP contribution in [0.5, 0.6) is 0 Å². The maximum absolute atomic E-state index is 6.14. The first-order chi connectivity index (χ1) is 12.6. The van der Waals surface area contributed by atoms with Gasteiger partial charge in [0.25, 0.3) is 0 Å². The molecule has 0 radical (unpaired) electrons. The predicted molar refractivity (Wildman–Crippen MR) is 92.1 cm³/mol. The number of halogens is 2. The predicted octanol–water partition coefficient (Wildman–Crippen LogP) is -0.582. The van der Waals surface area contributed by atoms with Crippen LogP contribution in [0.1, 0.15) is 18.3 Å². The fourth-order valence-corrected chi connectivity index (χ4v) is 6.92. The molecular weight excluding hydrogens is 469 g/mol. The Labute approximate surface area is 165 Å². The van der Waals surface area contributed by atoms with Crippen LogP contribution in [0.25, 0.3) is 11.2 Å². The summed E-state index contributed by atoms with van der Waals surface area (Å²) in [4.78, 5) is 12.7. The van der Waals surface area contributed by atoms with Crippen molar-refractivity contribution in [3.05, 3.63) is 47.4 Å². The molecule has 2 fully saturated rings. The van der Waals surface area contributed by atoms with Crippen LogP contribution in [0.3, 0.4) is 0 Å². The first-order valence-electron chi connectivity index (χ1n) is 8.25. The molecule has 3 atom stereocenters. The average Bonchev–Trinajstić information content (AvgIpc) is 3.21. The molecule has 7 nitrogen and oxygen atoms in total. The van der Waals surface area contributed by atoms with Crippen molar-refractivity contribution in [3.63, 3.8) is 0 Å². The third-order valence-corrected chi connectivity index (χ3v) is 8.83. The van der Waals surface area contributed by atoms with Crippen molar-refractivity contribution < 1.29 is 31.0 Å². The summed E-state index contributed by atoms with van der Waals surface area (Å²) in [5.41, 5.74) is 8.12. The summed E-state index contributed by atoms with van der Waals surface area (Å²) in [5.74, 6) is 0.679. The third-order valence-electron chi connectivity index (χ3n) is 4.74. The Kier molecular flexibility index (Phi) is 4.03. The minimum absolute atomic E-state index is 0.141. The number of ether oxygens (including phenoxy) is 2. The molecular formula is C17H16ClIN5O2-. The molecule has 1 aliphatic carbocycles. The monoisotopic (exact) mass is 484 g/mol. The van der Waals surface area contributed by atoms with E-state index in [2.05, 4.69) is 17.7 Å². The van der Waals surface area contributed by atoms with E-state index >= 15 is 0 Å². The summed E-state index contributed by atoms with van der Waals surface area (Å²) in [7, 11) is 0. The fourth-order valence-electron chi connectivity index (χ4n) is 3.23. The Bertz CT molecular complexity index is 968. The molecule has 5 rings (SSSR count). The molecule has 0 amide bonds. The second-order valence-electron chi connectivity index (χ2n) is 6.51. The van der Waals surface area contributed by atoms with Crippen molar-refractivity contribution in [2.45, 2.75) is 16.1 Å². The Morgan fingerprint density at radius 2 is 2.08 bits per heavy atom. The Morgan fingerprint density at radius 1 is 1.23 bits per heavy atom. The quantitative estimate of drug-likeness (QED) is 0.304. The SMILES string of the molecule is Nc1nc(Cl)c2ncn([I-][C@@]34COC(c5ccccc5)OC[C@@H]3C4)c2n1. The summed E-state index contributed by atoms with van der Waals surface area (Å²) in [5, 5.41) is 0.296. The molecule has 1 unspecified atom stereocenters. The Hall–Kier alpha value is -1.49. The zero-order chi connectivity index (χ0) is 17.7. The van der Waals surface area contributed by atoms with Gasteiger partial charge in [0, 0.05) is 0 Å². The van der Waals surface area contributed by atoms with Crippen molar-refractivity contribution in [1.82, 2.24) is 17.7 Å². The zero-order valence-corrected chi connectivity index (χ0v) is 16.6. The van der Waals surface area contributed by atoms with E-state index in [-0.39, 0.29) is 15.7 Å². The van der Waals surface area contributed by atoms with Crippen molar-refractivity contribution in [2.75, 3.05) is 18.9 Å². The number of hydrogen-bond acceptors (Lipinski definition) is 6. The number of anilines is 1. The number of rotatable bonds is 3. The van der Waals surface area contributed by atoms with Gasteiger partial charge >= 0.3 is 166 Å². The van der Waals surface area contributed by atoms with Crippen LogP contribution >= 0.6 is 11.6 Å². The van der Waals surface area contributed by atoms with E-state index in [9.17, 15) is 0 Å². The second kappa shape index (κ2) is 6.29. The number of fused-ring (bicyclic) bond motifs is 2. The molecule has 2 aliphatic rings. The van der Waals surface area contributed by atoms with Gasteiger partial charge < -0.3 is 0 Å². The van der Waals surface area contributed by atoms with Gasteiger partial charge in [0.1, 0.15) is 0 Å². The van der Waals surface area contributed by atoms with Gasteiger partial charge in [-0.3, -0.25) is 0 Å². The first kappa shape index (κ1) is 16.7. The van der Waals surface area contributed by atoms with E-state index in [0.29, 0.717) is 35.4 Å². The number of benzene rings is 1. The fraction of sp³-hybridized carbons (Fsp3) is 0.353. The third kappa shape index (κ3) is 2.84. The van der Waals surface area contributed by atoms with E-state index in [0.717, 1.165) is 12.0 Å². The van der Waals surface area contributed by atoms with Gasteiger partial charge in [-0.25, -0.2) is 0 Å². The minimum atomic E-state index is -0.456. The van der Waals surface area contributed by atoms with Gasteiger partial charge in [0.05, 0.1) is 0 Å². The number of imidazole rings is 1. The summed E-state index contributed by atoms with van der Waals surface area (Å²) >= 11 is 5.68. The molecule has 1 aromatic carbocycles. The molecule has 3 aromatic rings. The Balaban J connectivity index is 1.39. The molecule has 1 aliphatic heterocycles. The van der Waals surface area contributed by atoms with Crippen molar-refractivity contribution >= 4 is 28.7 Å². The molecule has 0 bridgehead atoms. The molecule has 1 saturated heterocycles. The molecule has 2 aromatic heterocycles. The number of hydrogen-bond donors (Lipinski definition) is 1. The number of nitrogens with two attached hydrogens (primary N) is 1.